The molecule has 0 spiro atoms. The van der Waals surface area contributed by atoms with Crippen LogP contribution in [0.1, 0.15) is 11.4 Å². The topological polar surface area (TPSA) is 56.7 Å². The van der Waals surface area contributed by atoms with Crippen LogP contribution in [0.4, 0.5) is 13.2 Å². The van der Waals surface area contributed by atoms with E-state index in [1.807, 2.05) is 18.2 Å². The highest BCUT2D eigenvalue weighted by molar-refractivity contribution is 5.90. The Morgan fingerprint density at radius 1 is 1.05 bits per heavy atom. The molecule has 0 amide bonds. The fourth-order valence-corrected chi connectivity index (χ4v) is 2.30. The number of alkyl halides is 3. The third kappa shape index (κ3) is 2.25. The summed E-state index contributed by atoms with van der Waals surface area (Å²) in [6.45, 7) is -0.320. The molecule has 21 heavy (non-hydrogen) atoms. The number of fused-ring (bicyclic) bond motifs is 1. The average Bonchev–Trinajstić information content (AvgIpc) is 2.90. The zero-order valence-corrected chi connectivity index (χ0v) is 10.8. The Labute approximate surface area is 118 Å². The lowest BCUT2D eigenvalue weighted by Crippen LogP contribution is -2.17. The minimum atomic E-state index is -4.57. The van der Waals surface area contributed by atoms with E-state index < -0.39 is 11.9 Å². The van der Waals surface area contributed by atoms with E-state index in [-0.39, 0.29) is 12.2 Å². The number of nitrogens with zero attached hydrogens (tertiary/aromatic N) is 3. The van der Waals surface area contributed by atoms with Crippen LogP contribution in [0.3, 0.4) is 0 Å². The molecular formula is C14H11F3N4. The van der Waals surface area contributed by atoms with Gasteiger partial charge in [0.15, 0.2) is 5.69 Å². The molecule has 2 aromatic carbocycles. The Hall–Kier alpha value is -2.41. The first-order valence-electron chi connectivity index (χ1n) is 6.22. The van der Waals surface area contributed by atoms with Crippen molar-refractivity contribution in [2.45, 2.75) is 12.7 Å². The van der Waals surface area contributed by atoms with Crippen LogP contribution in [0.5, 0.6) is 0 Å². The van der Waals surface area contributed by atoms with Crippen molar-refractivity contribution in [2.75, 3.05) is 0 Å². The number of aromatic nitrogens is 3. The van der Waals surface area contributed by atoms with Gasteiger partial charge in [0.2, 0.25) is 0 Å². The van der Waals surface area contributed by atoms with Crippen molar-refractivity contribution in [3.8, 4) is 5.69 Å². The number of hydrogen-bond donors (Lipinski definition) is 1. The van der Waals surface area contributed by atoms with E-state index in [0.29, 0.717) is 11.1 Å². The summed E-state index contributed by atoms with van der Waals surface area (Å²) >= 11 is 0. The molecule has 2 N–H and O–H groups in total. The maximum atomic E-state index is 13.3. The minimum absolute atomic E-state index is 0.268. The first kappa shape index (κ1) is 13.6. The quantitative estimate of drug-likeness (QED) is 0.790. The lowest BCUT2D eigenvalue weighted by Gasteiger charge is -2.12. The summed E-state index contributed by atoms with van der Waals surface area (Å²) in [6, 6.07) is 12.2. The number of hydrogen-bond acceptors (Lipinski definition) is 3. The zero-order chi connectivity index (χ0) is 15.0. The van der Waals surface area contributed by atoms with Gasteiger partial charge in [0.05, 0.1) is 5.69 Å². The molecule has 0 aliphatic rings. The molecule has 1 aromatic heterocycles. The van der Waals surface area contributed by atoms with Gasteiger partial charge in [0, 0.05) is 11.9 Å². The first-order valence-corrected chi connectivity index (χ1v) is 6.22. The van der Waals surface area contributed by atoms with Gasteiger partial charge < -0.3 is 5.73 Å². The van der Waals surface area contributed by atoms with Crippen molar-refractivity contribution < 1.29 is 13.2 Å². The Morgan fingerprint density at radius 3 is 2.48 bits per heavy atom. The third-order valence-corrected chi connectivity index (χ3v) is 3.20. The highest BCUT2D eigenvalue weighted by atomic mass is 19.4. The molecule has 0 bridgehead atoms. The predicted octanol–water partition coefficient (Wildman–Crippen LogP) is 2.90. The second kappa shape index (κ2) is 4.85. The summed E-state index contributed by atoms with van der Waals surface area (Å²) in [5, 5.41) is 8.69. The predicted molar refractivity (Wildman–Crippen MR) is 71.8 cm³/mol. The van der Waals surface area contributed by atoms with Crippen molar-refractivity contribution in [1.82, 2.24) is 15.0 Å². The van der Waals surface area contributed by atoms with E-state index >= 15 is 0 Å². The number of rotatable bonds is 2. The van der Waals surface area contributed by atoms with Gasteiger partial charge in [-0.2, -0.15) is 13.2 Å². The van der Waals surface area contributed by atoms with Crippen LogP contribution < -0.4 is 5.73 Å². The van der Waals surface area contributed by atoms with Crippen LogP contribution in [0.15, 0.2) is 42.5 Å². The fourth-order valence-electron chi connectivity index (χ4n) is 2.30. The Balaban J connectivity index is 2.32. The molecule has 0 saturated carbocycles. The number of benzene rings is 2. The van der Waals surface area contributed by atoms with Crippen molar-refractivity contribution in [2.24, 2.45) is 5.73 Å². The van der Waals surface area contributed by atoms with Gasteiger partial charge in [-0.3, -0.25) is 0 Å². The molecule has 3 aromatic rings. The summed E-state index contributed by atoms with van der Waals surface area (Å²) in [6.07, 6.45) is -4.57. The van der Waals surface area contributed by atoms with Crippen LogP contribution in [-0.2, 0) is 12.7 Å². The molecule has 4 nitrogen and oxygen atoms in total. The fraction of sp³-hybridized carbons (Fsp3) is 0.143. The molecule has 0 radical (unpaired) electrons. The summed E-state index contributed by atoms with van der Waals surface area (Å²) in [5.74, 6) is 0. The Morgan fingerprint density at radius 2 is 1.76 bits per heavy atom. The summed E-state index contributed by atoms with van der Waals surface area (Å²) < 4.78 is 40.6. The standard InChI is InChI=1S/C14H11F3N4/c15-14(16,17)13-11(8-18)19-20-21(13)12-7-3-5-9-4-1-2-6-10(9)12/h1-7H,8,18H2. The normalized spacial score (nSPS) is 12.0. The molecule has 0 fully saturated rings. The monoisotopic (exact) mass is 292 g/mol. The summed E-state index contributed by atoms with van der Waals surface area (Å²) in [4.78, 5) is 0. The Bertz CT molecular complexity index is 787. The van der Waals surface area contributed by atoms with Crippen molar-refractivity contribution in [1.29, 1.82) is 0 Å². The van der Waals surface area contributed by atoms with E-state index in [0.717, 1.165) is 10.1 Å². The maximum absolute atomic E-state index is 13.3. The number of halogens is 3. The van der Waals surface area contributed by atoms with Gasteiger partial charge >= 0.3 is 6.18 Å². The van der Waals surface area contributed by atoms with E-state index in [2.05, 4.69) is 10.3 Å². The molecular weight excluding hydrogens is 281 g/mol. The summed E-state index contributed by atoms with van der Waals surface area (Å²) in [5.41, 5.74) is 4.46. The highest BCUT2D eigenvalue weighted by Crippen LogP contribution is 2.34. The lowest BCUT2D eigenvalue weighted by molar-refractivity contribution is -0.143. The minimum Gasteiger partial charge on any atom is -0.325 e. The second-order valence-electron chi connectivity index (χ2n) is 4.50. The maximum Gasteiger partial charge on any atom is 0.435 e. The molecule has 7 heteroatoms. The lowest BCUT2D eigenvalue weighted by atomic mass is 10.1. The van der Waals surface area contributed by atoms with Crippen LogP contribution >= 0.6 is 0 Å². The molecule has 3 rings (SSSR count). The highest BCUT2D eigenvalue weighted by Gasteiger charge is 2.39. The van der Waals surface area contributed by atoms with Crippen LogP contribution in [-0.4, -0.2) is 15.0 Å². The van der Waals surface area contributed by atoms with Gasteiger partial charge in [-0.05, 0) is 11.5 Å². The molecule has 0 aliphatic heterocycles. The van der Waals surface area contributed by atoms with Crippen LogP contribution in [0.25, 0.3) is 16.5 Å². The summed E-state index contributed by atoms with van der Waals surface area (Å²) in [7, 11) is 0. The number of nitrogens with two attached hydrogens (primary N) is 1. The van der Waals surface area contributed by atoms with Gasteiger partial charge in [-0.25, -0.2) is 4.68 Å². The van der Waals surface area contributed by atoms with E-state index in [1.165, 1.54) is 0 Å². The molecule has 0 unspecified atom stereocenters. The van der Waals surface area contributed by atoms with Gasteiger partial charge in [-0.1, -0.05) is 41.6 Å². The zero-order valence-electron chi connectivity index (χ0n) is 10.8. The molecule has 0 atom stereocenters. The van der Waals surface area contributed by atoms with Crippen molar-refractivity contribution in [3.05, 3.63) is 53.9 Å². The van der Waals surface area contributed by atoms with Crippen LogP contribution in [0.2, 0.25) is 0 Å². The SMILES string of the molecule is NCc1nnn(-c2cccc3ccccc23)c1C(F)(F)F. The Kier molecular flexibility index (Phi) is 3.13. The molecule has 108 valence electrons. The smallest absolute Gasteiger partial charge is 0.325 e. The molecule has 0 aliphatic carbocycles. The molecule has 1 heterocycles. The van der Waals surface area contributed by atoms with Gasteiger partial charge in [0.25, 0.3) is 0 Å². The van der Waals surface area contributed by atoms with E-state index in [9.17, 15) is 13.2 Å². The van der Waals surface area contributed by atoms with E-state index in [4.69, 9.17) is 5.73 Å². The van der Waals surface area contributed by atoms with Crippen molar-refractivity contribution >= 4 is 10.8 Å². The van der Waals surface area contributed by atoms with Gasteiger partial charge in [-0.15, -0.1) is 5.10 Å². The van der Waals surface area contributed by atoms with Crippen LogP contribution in [0, 0.1) is 0 Å². The van der Waals surface area contributed by atoms with Gasteiger partial charge in [0.1, 0.15) is 5.69 Å². The first-order chi connectivity index (χ1) is 10.0. The van der Waals surface area contributed by atoms with E-state index in [1.54, 1.807) is 24.3 Å². The largest absolute Gasteiger partial charge is 0.435 e. The third-order valence-electron chi connectivity index (χ3n) is 3.20. The average molecular weight is 292 g/mol. The molecule has 0 saturated heterocycles. The second-order valence-corrected chi connectivity index (χ2v) is 4.50. The van der Waals surface area contributed by atoms with Crippen molar-refractivity contribution in [3.63, 3.8) is 0 Å².